The van der Waals surface area contributed by atoms with E-state index < -0.39 is 11.6 Å². The van der Waals surface area contributed by atoms with E-state index in [9.17, 15) is 13.6 Å². The second-order valence-electron chi connectivity index (χ2n) is 4.16. The molecule has 0 aromatic heterocycles. The van der Waals surface area contributed by atoms with Crippen molar-refractivity contribution in [1.29, 1.82) is 0 Å². The lowest BCUT2D eigenvalue weighted by atomic mass is 10.0. The Labute approximate surface area is 123 Å². The third kappa shape index (κ3) is 3.04. The molecule has 2 nitrogen and oxygen atoms in total. The van der Waals surface area contributed by atoms with E-state index in [1.165, 1.54) is 37.4 Å². The van der Waals surface area contributed by atoms with Gasteiger partial charge in [-0.3, -0.25) is 4.79 Å². The van der Waals surface area contributed by atoms with E-state index in [4.69, 9.17) is 4.74 Å². The van der Waals surface area contributed by atoms with E-state index in [1.54, 1.807) is 6.07 Å². The first kappa shape index (κ1) is 14.7. The average Bonchev–Trinajstić information content (AvgIpc) is 2.44. The number of rotatable bonds is 4. The van der Waals surface area contributed by atoms with Gasteiger partial charge in [0, 0.05) is 12.0 Å². The molecule has 0 aliphatic heterocycles. The second-order valence-corrected chi connectivity index (χ2v) is 5.02. The number of halogens is 3. The molecule has 0 aliphatic rings. The maximum Gasteiger partial charge on any atom is 0.168 e. The molecular weight excluding hydrogens is 330 g/mol. The quantitative estimate of drug-likeness (QED) is 0.781. The molecule has 0 atom stereocenters. The predicted molar refractivity (Wildman–Crippen MR) is 75.1 cm³/mol. The topological polar surface area (TPSA) is 26.3 Å². The second kappa shape index (κ2) is 6.13. The number of carbonyl (C=O) groups is 1. The van der Waals surface area contributed by atoms with Crippen LogP contribution in [0.15, 0.2) is 40.9 Å². The number of hydrogen-bond acceptors (Lipinski definition) is 2. The molecule has 20 heavy (non-hydrogen) atoms. The van der Waals surface area contributed by atoms with Crippen LogP contribution in [-0.2, 0) is 6.42 Å². The highest BCUT2D eigenvalue weighted by Gasteiger charge is 2.14. The third-order valence-corrected chi connectivity index (χ3v) is 3.46. The molecule has 0 N–H and O–H groups in total. The summed E-state index contributed by atoms with van der Waals surface area (Å²) in [4.78, 5) is 12.1. The normalized spacial score (nSPS) is 10.4. The van der Waals surface area contributed by atoms with Crippen LogP contribution in [0.25, 0.3) is 0 Å². The Balaban J connectivity index is 2.25. The Morgan fingerprint density at radius 1 is 1.25 bits per heavy atom. The Hall–Kier alpha value is -1.75. The van der Waals surface area contributed by atoms with Gasteiger partial charge in [-0.2, -0.15) is 0 Å². The molecule has 2 aromatic rings. The van der Waals surface area contributed by atoms with Crippen LogP contribution >= 0.6 is 15.9 Å². The molecule has 0 bridgehead atoms. The fraction of sp³-hybridized carbons (Fsp3) is 0.133. The van der Waals surface area contributed by atoms with Crippen LogP contribution < -0.4 is 4.74 Å². The van der Waals surface area contributed by atoms with E-state index >= 15 is 0 Å². The Kier molecular flexibility index (Phi) is 4.49. The average molecular weight is 341 g/mol. The van der Waals surface area contributed by atoms with Gasteiger partial charge in [-0.15, -0.1) is 0 Å². The lowest BCUT2D eigenvalue weighted by Crippen LogP contribution is -2.06. The van der Waals surface area contributed by atoms with Crippen molar-refractivity contribution in [3.8, 4) is 5.75 Å². The Bertz CT molecular complexity index is 656. The molecule has 0 amide bonds. The van der Waals surface area contributed by atoms with Crippen molar-refractivity contribution in [1.82, 2.24) is 0 Å². The number of ether oxygens (including phenoxy) is 1. The molecule has 0 saturated heterocycles. The summed E-state index contributed by atoms with van der Waals surface area (Å²) in [6, 6.07) is 8.58. The number of methoxy groups -OCH3 is 1. The molecule has 2 rings (SSSR count). The fourth-order valence-corrected chi connectivity index (χ4v) is 2.17. The molecule has 0 unspecified atom stereocenters. The lowest BCUT2D eigenvalue weighted by molar-refractivity contribution is 0.0991. The molecule has 0 saturated carbocycles. The van der Waals surface area contributed by atoms with Crippen LogP contribution in [0.4, 0.5) is 8.78 Å². The Morgan fingerprint density at radius 2 is 2.00 bits per heavy atom. The van der Waals surface area contributed by atoms with Gasteiger partial charge in [0.15, 0.2) is 17.3 Å². The van der Waals surface area contributed by atoms with Crippen molar-refractivity contribution in [3.05, 3.63) is 63.6 Å². The number of benzene rings is 2. The lowest BCUT2D eigenvalue weighted by Gasteiger charge is -2.07. The van der Waals surface area contributed by atoms with Crippen LogP contribution in [0, 0.1) is 11.6 Å². The zero-order chi connectivity index (χ0) is 14.7. The zero-order valence-corrected chi connectivity index (χ0v) is 12.2. The van der Waals surface area contributed by atoms with Gasteiger partial charge < -0.3 is 4.74 Å². The highest BCUT2D eigenvalue weighted by atomic mass is 79.9. The molecule has 0 spiro atoms. The highest BCUT2D eigenvalue weighted by molar-refractivity contribution is 9.10. The summed E-state index contributed by atoms with van der Waals surface area (Å²) in [6.45, 7) is 0. The smallest absolute Gasteiger partial charge is 0.168 e. The molecule has 0 heterocycles. The van der Waals surface area contributed by atoms with Crippen molar-refractivity contribution in [3.63, 3.8) is 0 Å². The zero-order valence-electron chi connectivity index (χ0n) is 10.6. The molecule has 0 fully saturated rings. The van der Waals surface area contributed by atoms with Gasteiger partial charge in [0.25, 0.3) is 0 Å². The minimum absolute atomic E-state index is 0.0931. The first-order valence-corrected chi connectivity index (χ1v) is 6.62. The summed E-state index contributed by atoms with van der Waals surface area (Å²) in [7, 11) is 1.36. The maximum absolute atomic E-state index is 13.9. The van der Waals surface area contributed by atoms with Crippen molar-refractivity contribution in [2.24, 2.45) is 0 Å². The standard InChI is InChI=1S/C15H11BrF2O2/c1-20-14-4-2-3-10(15(14)18)8-13(19)9-5-6-12(17)11(16)7-9/h2-7H,8H2,1H3. The number of hydrogen-bond donors (Lipinski definition) is 0. The minimum Gasteiger partial charge on any atom is -0.494 e. The van der Waals surface area contributed by atoms with Gasteiger partial charge in [-0.1, -0.05) is 12.1 Å². The van der Waals surface area contributed by atoms with E-state index in [0.29, 0.717) is 5.56 Å². The monoisotopic (exact) mass is 340 g/mol. The summed E-state index contributed by atoms with van der Waals surface area (Å²) in [5.41, 5.74) is 0.565. The van der Waals surface area contributed by atoms with Gasteiger partial charge in [-0.25, -0.2) is 8.78 Å². The fourth-order valence-electron chi connectivity index (χ4n) is 1.80. The maximum atomic E-state index is 13.9. The first-order chi connectivity index (χ1) is 9.52. The third-order valence-electron chi connectivity index (χ3n) is 2.86. The largest absolute Gasteiger partial charge is 0.494 e. The number of Topliss-reactive ketones (excluding diaryl/α,β-unsaturated/α-hetero) is 1. The van der Waals surface area contributed by atoms with E-state index in [-0.39, 0.29) is 28.0 Å². The minimum atomic E-state index is -0.551. The van der Waals surface area contributed by atoms with Crippen LogP contribution in [0.2, 0.25) is 0 Å². The summed E-state index contributed by atoms with van der Waals surface area (Å²) < 4.78 is 32.1. The summed E-state index contributed by atoms with van der Waals surface area (Å²) in [5.74, 6) is -1.20. The van der Waals surface area contributed by atoms with Gasteiger partial charge in [0.05, 0.1) is 11.6 Å². The van der Waals surface area contributed by atoms with E-state index in [0.717, 1.165) is 0 Å². The van der Waals surface area contributed by atoms with Gasteiger partial charge in [0.2, 0.25) is 0 Å². The highest BCUT2D eigenvalue weighted by Crippen LogP contribution is 2.22. The number of ketones is 1. The molecule has 2 aromatic carbocycles. The molecule has 5 heteroatoms. The summed E-state index contributed by atoms with van der Waals surface area (Å²) in [6.07, 6.45) is -0.110. The van der Waals surface area contributed by atoms with Crippen LogP contribution in [-0.4, -0.2) is 12.9 Å². The van der Waals surface area contributed by atoms with Gasteiger partial charge >= 0.3 is 0 Å². The van der Waals surface area contributed by atoms with E-state index in [2.05, 4.69) is 15.9 Å². The Morgan fingerprint density at radius 3 is 2.65 bits per heavy atom. The van der Waals surface area contributed by atoms with Crippen molar-refractivity contribution >= 4 is 21.7 Å². The molecular formula is C15H11BrF2O2. The summed E-state index contributed by atoms with van der Waals surface area (Å²) in [5, 5.41) is 0. The van der Waals surface area contributed by atoms with Crippen molar-refractivity contribution in [2.75, 3.05) is 7.11 Å². The van der Waals surface area contributed by atoms with Gasteiger partial charge in [-0.05, 0) is 45.8 Å². The van der Waals surface area contributed by atoms with Crippen molar-refractivity contribution in [2.45, 2.75) is 6.42 Å². The van der Waals surface area contributed by atoms with E-state index in [1.807, 2.05) is 0 Å². The van der Waals surface area contributed by atoms with Crippen LogP contribution in [0.5, 0.6) is 5.75 Å². The number of carbonyl (C=O) groups excluding carboxylic acids is 1. The predicted octanol–water partition coefficient (Wildman–Crippen LogP) is 4.16. The SMILES string of the molecule is COc1cccc(CC(=O)c2ccc(F)c(Br)c2)c1F. The van der Waals surface area contributed by atoms with Crippen molar-refractivity contribution < 1.29 is 18.3 Å². The molecule has 0 radical (unpaired) electrons. The summed E-state index contributed by atoms with van der Waals surface area (Å²) >= 11 is 3.02. The molecule has 0 aliphatic carbocycles. The first-order valence-electron chi connectivity index (χ1n) is 5.82. The van der Waals surface area contributed by atoms with Gasteiger partial charge in [0.1, 0.15) is 5.82 Å². The van der Waals surface area contributed by atoms with Crippen LogP contribution in [0.1, 0.15) is 15.9 Å². The molecule has 104 valence electrons. The van der Waals surface area contributed by atoms with Crippen LogP contribution in [0.3, 0.4) is 0 Å².